The highest BCUT2D eigenvalue weighted by atomic mass is 79.9. The summed E-state index contributed by atoms with van der Waals surface area (Å²) in [7, 11) is 2.26. The van der Waals surface area contributed by atoms with Gasteiger partial charge in [0.2, 0.25) is 0 Å². The number of hydrogen-bond acceptors (Lipinski definition) is 3. The maximum Gasteiger partial charge on any atom is 0.0499 e. The number of piperidine rings is 1. The van der Waals surface area contributed by atoms with E-state index in [1.807, 2.05) is 0 Å². The molecule has 2 N–H and O–H groups in total. The Labute approximate surface area is 136 Å². The van der Waals surface area contributed by atoms with Crippen LogP contribution >= 0.6 is 15.9 Å². The molecule has 0 aromatic heterocycles. The predicted octanol–water partition coefficient (Wildman–Crippen LogP) is 2.84. The topological polar surface area (TPSA) is 32.5 Å². The molecule has 1 aromatic carbocycles. The van der Waals surface area contributed by atoms with Crippen LogP contribution in [-0.2, 0) is 6.54 Å². The zero-order valence-electron chi connectivity index (χ0n) is 12.9. The molecule has 0 radical (unpaired) electrons. The average Bonchev–Trinajstić information content (AvgIpc) is 2.87. The van der Waals surface area contributed by atoms with E-state index in [0.717, 1.165) is 17.6 Å². The lowest BCUT2D eigenvalue weighted by molar-refractivity contribution is 0.0511. The number of hydrogen-bond donors (Lipinski definition) is 1. The summed E-state index contributed by atoms with van der Waals surface area (Å²) in [5.41, 5.74) is 7.79. The molecule has 2 unspecified atom stereocenters. The van der Waals surface area contributed by atoms with Crippen LogP contribution in [0.25, 0.3) is 0 Å². The van der Waals surface area contributed by atoms with Crippen molar-refractivity contribution in [3.05, 3.63) is 34.3 Å². The first-order valence-electron chi connectivity index (χ1n) is 8.05. The lowest BCUT2D eigenvalue weighted by Crippen LogP contribution is -2.60. The Morgan fingerprint density at radius 1 is 1.38 bits per heavy atom. The van der Waals surface area contributed by atoms with Crippen LogP contribution < -0.4 is 5.73 Å². The summed E-state index contributed by atoms with van der Waals surface area (Å²) < 4.78 is 1.15. The van der Waals surface area contributed by atoms with Crippen molar-refractivity contribution in [2.24, 2.45) is 5.73 Å². The minimum atomic E-state index is 0.155. The van der Waals surface area contributed by atoms with Gasteiger partial charge in [-0.3, -0.25) is 9.80 Å². The molecule has 2 fully saturated rings. The molecule has 4 heteroatoms. The monoisotopic (exact) mass is 351 g/mol. The molecular weight excluding hydrogens is 326 g/mol. The van der Waals surface area contributed by atoms with E-state index in [1.54, 1.807) is 0 Å². The fraction of sp³-hybridized carbons (Fsp3) is 0.647. The number of fused-ring (bicyclic) bond motifs is 1. The van der Waals surface area contributed by atoms with Crippen LogP contribution in [0.15, 0.2) is 28.7 Å². The second kappa shape index (κ2) is 6.37. The van der Waals surface area contributed by atoms with Gasteiger partial charge in [-0.1, -0.05) is 34.5 Å². The largest absolute Gasteiger partial charge is 0.329 e. The molecule has 0 amide bonds. The summed E-state index contributed by atoms with van der Waals surface area (Å²) >= 11 is 3.57. The molecule has 2 heterocycles. The quantitative estimate of drug-likeness (QED) is 0.905. The van der Waals surface area contributed by atoms with Crippen LogP contribution in [0.4, 0.5) is 0 Å². The van der Waals surface area contributed by atoms with Crippen LogP contribution in [-0.4, -0.2) is 48.1 Å². The van der Waals surface area contributed by atoms with Crippen molar-refractivity contribution in [1.29, 1.82) is 0 Å². The molecule has 0 aliphatic carbocycles. The van der Waals surface area contributed by atoms with E-state index in [2.05, 4.69) is 57.0 Å². The number of nitrogens with zero attached hydrogens (tertiary/aromatic N) is 2. The molecule has 0 saturated carbocycles. The highest BCUT2D eigenvalue weighted by Crippen LogP contribution is 2.38. The summed E-state index contributed by atoms with van der Waals surface area (Å²) in [5, 5.41) is 0. The third-order valence-corrected chi connectivity index (χ3v) is 5.98. The van der Waals surface area contributed by atoms with Gasteiger partial charge in [-0.05, 0) is 50.6 Å². The summed E-state index contributed by atoms with van der Waals surface area (Å²) in [4.78, 5) is 5.19. The minimum absolute atomic E-state index is 0.155. The molecule has 2 saturated heterocycles. The van der Waals surface area contributed by atoms with Crippen LogP contribution in [0.1, 0.15) is 31.2 Å². The van der Waals surface area contributed by atoms with E-state index in [9.17, 15) is 0 Å². The van der Waals surface area contributed by atoms with Gasteiger partial charge in [0, 0.05) is 35.7 Å². The Kier molecular flexibility index (Phi) is 4.69. The molecule has 0 spiro atoms. The van der Waals surface area contributed by atoms with E-state index in [1.165, 1.54) is 44.3 Å². The minimum Gasteiger partial charge on any atom is -0.329 e. The Morgan fingerprint density at radius 2 is 2.24 bits per heavy atom. The van der Waals surface area contributed by atoms with Gasteiger partial charge in [-0.2, -0.15) is 0 Å². The zero-order chi connectivity index (χ0) is 14.9. The Hall–Kier alpha value is -0.420. The van der Waals surface area contributed by atoms with Crippen molar-refractivity contribution < 1.29 is 0 Å². The molecule has 2 aliphatic heterocycles. The van der Waals surface area contributed by atoms with E-state index in [4.69, 9.17) is 5.73 Å². The number of likely N-dealkylation sites (N-methyl/N-ethyl adjacent to an activating group) is 1. The average molecular weight is 352 g/mol. The molecule has 0 bridgehead atoms. The first-order valence-corrected chi connectivity index (χ1v) is 8.85. The maximum atomic E-state index is 6.28. The van der Waals surface area contributed by atoms with E-state index in [0.29, 0.717) is 6.04 Å². The Bertz CT molecular complexity index is 493. The van der Waals surface area contributed by atoms with Crippen molar-refractivity contribution in [2.45, 2.75) is 43.8 Å². The molecule has 21 heavy (non-hydrogen) atoms. The van der Waals surface area contributed by atoms with Crippen molar-refractivity contribution in [2.75, 3.05) is 26.7 Å². The fourth-order valence-corrected chi connectivity index (χ4v) is 4.72. The first-order chi connectivity index (χ1) is 10.2. The maximum absolute atomic E-state index is 6.28. The lowest BCUT2D eigenvalue weighted by atomic mass is 9.84. The van der Waals surface area contributed by atoms with Crippen LogP contribution in [0.3, 0.4) is 0 Å². The zero-order valence-corrected chi connectivity index (χ0v) is 14.5. The summed E-state index contributed by atoms with van der Waals surface area (Å²) in [5.74, 6) is 0. The van der Waals surface area contributed by atoms with Gasteiger partial charge in [-0.15, -0.1) is 0 Å². The second-order valence-electron chi connectivity index (χ2n) is 6.59. The Balaban J connectivity index is 1.79. The SMILES string of the molecule is CN(Cc1cccc(Br)c1)C1(CN)CCN2CCCCC21. The van der Waals surface area contributed by atoms with Gasteiger partial charge < -0.3 is 5.73 Å². The van der Waals surface area contributed by atoms with E-state index < -0.39 is 0 Å². The van der Waals surface area contributed by atoms with Gasteiger partial charge >= 0.3 is 0 Å². The van der Waals surface area contributed by atoms with Gasteiger partial charge in [0.15, 0.2) is 0 Å². The van der Waals surface area contributed by atoms with E-state index >= 15 is 0 Å². The van der Waals surface area contributed by atoms with Crippen molar-refractivity contribution in [3.63, 3.8) is 0 Å². The van der Waals surface area contributed by atoms with Gasteiger partial charge in [0.1, 0.15) is 0 Å². The molecule has 2 aliphatic rings. The normalized spacial score (nSPS) is 29.8. The summed E-state index contributed by atoms with van der Waals surface area (Å²) in [6.07, 6.45) is 5.22. The molecule has 1 aromatic rings. The number of halogens is 1. The highest BCUT2D eigenvalue weighted by molar-refractivity contribution is 9.10. The summed E-state index contributed by atoms with van der Waals surface area (Å²) in [6.45, 7) is 4.21. The third-order valence-electron chi connectivity index (χ3n) is 5.49. The van der Waals surface area contributed by atoms with Crippen LogP contribution in [0, 0.1) is 0 Å². The highest BCUT2D eigenvalue weighted by Gasteiger charge is 2.49. The number of nitrogens with two attached hydrogens (primary N) is 1. The standard InChI is InChI=1S/C17H26BrN3/c1-20(12-14-5-4-6-15(18)11-14)17(13-19)8-10-21-9-3-2-7-16(17)21/h4-6,11,16H,2-3,7-10,12-13,19H2,1H3. The predicted molar refractivity (Wildman–Crippen MR) is 91.2 cm³/mol. The summed E-state index contributed by atoms with van der Waals surface area (Å²) in [6, 6.07) is 9.27. The van der Waals surface area contributed by atoms with E-state index in [-0.39, 0.29) is 5.54 Å². The smallest absolute Gasteiger partial charge is 0.0499 e. The first kappa shape index (κ1) is 15.5. The Morgan fingerprint density at radius 3 is 3.00 bits per heavy atom. The molecule has 2 atom stereocenters. The van der Waals surface area contributed by atoms with Gasteiger partial charge in [-0.25, -0.2) is 0 Å². The van der Waals surface area contributed by atoms with Crippen molar-refractivity contribution in [1.82, 2.24) is 9.80 Å². The molecular formula is C17H26BrN3. The van der Waals surface area contributed by atoms with Crippen LogP contribution in [0.2, 0.25) is 0 Å². The molecule has 3 rings (SSSR count). The molecule has 3 nitrogen and oxygen atoms in total. The fourth-order valence-electron chi connectivity index (χ4n) is 4.28. The molecule has 116 valence electrons. The second-order valence-corrected chi connectivity index (χ2v) is 7.51. The number of benzene rings is 1. The number of rotatable bonds is 4. The van der Waals surface area contributed by atoms with Gasteiger partial charge in [0.25, 0.3) is 0 Å². The lowest BCUT2D eigenvalue weighted by Gasteiger charge is -2.46. The van der Waals surface area contributed by atoms with Gasteiger partial charge in [0.05, 0.1) is 0 Å². The third kappa shape index (κ3) is 2.91. The van der Waals surface area contributed by atoms with Crippen molar-refractivity contribution in [3.8, 4) is 0 Å². The van der Waals surface area contributed by atoms with Crippen molar-refractivity contribution >= 4 is 15.9 Å². The van der Waals surface area contributed by atoms with Crippen LogP contribution in [0.5, 0.6) is 0 Å².